The maximum Gasteiger partial charge on any atom is 0.328 e. The molecule has 0 aromatic carbocycles. The summed E-state index contributed by atoms with van der Waals surface area (Å²) in [6.07, 6.45) is -1.32. The van der Waals surface area contributed by atoms with Gasteiger partial charge in [0.05, 0.1) is 25.5 Å². The van der Waals surface area contributed by atoms with Crippen LogP contribution in [0, 0.1) is 5.92 Å². The first-order valence-electron chi connectivity index (χ1n) is 12.5. The monoisotopic (exact) mass is 590 g/mol. The molecule has 11 N–H and O–H groups in total. The highest BCUT2D eigenvalue weighted by Gasteiger charge is 2.33. The van der Waals surface area contributed by atoms with E-state index >= 15 is 0 Å². The zero-order valence-corrected chi connectivity index (χ0v) is 23.0. The Morgan fingerprint density at radius 1 is 0.634 bits per heavy atom. The number of aliphatic hydroxyl groups excluding tert-OH is 1. The summed E-state index contributed by atoms with van der Waals surface area (Å²) in [6.45, 7) is 4.91. The van der Waals surface area contributed by atoms with E-state index in [2.05, 4.69) is 16.0 Å². The lowest BCUT2D eigenvalue weighted by Crippen LogP contribution is -2.59. The first-order chi connectivity index (χ1) is 18.9. The summed E-state index contributed by atoms with van der Waals surface area (Å²) in [4.78, 5) is 95.7. The van der Waals surface area contributed by atoms with Gasteiger partial charge >= 0.3 is 17.9 Å². The van der Waals surface area contributed by atoms with E-state index in [1.54, 1.807) is 13.8 Å². The molecule has 0 heterocycles. The van der Waals surface area contributed by atoms with Gasteiger partial charge in [0.1, 0.15) is 30.2 Å². The zero-order chi connectivity index (χ0) is 32.0. The number of carboxylic acid groups (broad SMARTS) is 3. The number of aliphatic hydroxyl groups is 1. The number of aliphatic carboxylic acids is 3. The molecule has 0 radical (unpaired) electrons. The molecule has 0 aromatic rings. The predicted octanol–water partition coefficient (Wildman–Crippen LogP) is -4.15. The summed E-state index contributed by atoms with van der Waals surface area (Å²) in [5.41, 5.74) is 5.43. The number of amides is 5. The average Bonchev–Trinajstić information content (AvgIpc) is 2.87. The number of nitrogens with one attached hydrogen (secondary N) is 5. The smallest absolute Gasteiger partial charge is 0.328 e. The van der Waals surface area contributed by atoms with Crippen molar-refractivity contribution in [2.24, 2.45) is 11.7 Å². The number of carbonyl (C=O) groups excluding carboxylic acids is 5. The lowest BCUT2D eigenvalue weighted by Gasteiger charge is -2.27. The van der Waals surface area contributed by atoms with Crippen molar-refractivity contribution in [3.05, 3.63) is 0 Å². The van der Waals surface area contributed by atoms with Gasteiger partial charge in [0, 0.05) is 0 Å². The number of carbonyl (C=O) groups is 8. The molecule has 232 valence electrons. The van der Waals surface area contributed by atoms with Crippen molar-refractivity contribution in [3.8, 4) is 0 Å². The minimum Gasteiger partial charge on any atom is -0.481 e. The van der Waals surface area contributed by atoms with Crippen LogP contribution in [0.5, 0.6) is 0 Å². The van der Waals surface area contributed by atoms with Crippen LogP contribution < -0.4 is 32.3 Å². The van der Waals surface area contributed by atoms with E-state index in [0.717, 1.165) is 0 Å². The molecule has 5 amide bonds. The first kappa shape index (κ1) is 36.7. The third kappa shape index (κ3) is 13.1. The molecule has 18 heteroatoms. The highest BCUT2D eigenvalue weighted by molar-refractivity contribution is 5.97. The van der Waals surface area contributed by atoms with Crippen molar-refractivity contribution in [2.75, 3.05) is 6.61 Å². The number of hydrogen-bond donors (Lipinski definition) is 10. The van der Waals surface area contributed by atoms with E-state index in [4.69, 9.17) is 26.2 Å². The van der Waals surface area contributed by atoms with Crippen LogP contribution in [0.2, 0.25) is 0 Å². The normalized spacial score (nSPS) is 15.9. The van der Waals surface area contributed by atoms with Crippen LogP contribution >= 0.6 is 0 Å². The van der Waals surface area contributed by atoms with Gasteiger partial charge in [0.25, 0.3) is 0 Å². The maximum absolute atomic E-state index is 12.9. The Bertz CT molecular complexity index is 1010. The van der Waals surface area contributed by atoms with E-state index in [-0.39, 0.29) is 0 Å². The van der Waals surface area contributed by atoms with Crippen LogP contribution in [0.15, 0.2) is 0 Å². The SMILES string of the molecule is CC[C@H](C)[C@H](NC(=O)[C@H](C)NC(=O)[C@H](CC(=O)O)NC(=O)[C@@H](N)CC(=O)O)C(=O)N[C@@H](C)C(=O)N[C@@H](CO)C(=O)O. The quantitative estimate of drug-likeness (QED) is 0.0726. The van der Waals surface area contributed by atoms with Crippen molar-refractivity contribution in [1.82, 2.24) is 26.6 Å². The van der Waals surface area contributed by atoms with Crippen LogP contribution in [0.4, 0.5) is 0 Å². The third-order valence-corrected chi connectivity index (χ3v) is 5.84. The largest absolute Gasteiger partial charge is 0.481 e. The van der Waals surface area contributed by atoms with Gasteiger partial charge in [-0.25, -0.2) is 4.79 Å². The molecule has 0 aliphatic rings. The molecule has 0 aromatic heterocycles. The molecule has 0 fully saturated rings. The maximum atomic E-state index is 12.9. The fourth-order valence-electron chi connectivity index (χ4n) is 3.15. The summed E-state index contributed by atoms with van der Waals surface area (Å²) in [6, 6.07) is -8.72. The zero-order valence-electron chi connectivity index (χ0n) is 23.0. The van der Waals surface area contributed by atoms with E-state index < -0.39 is 109 Å². The highest BCUT2D eigenvalue weighted by atomic mass is 16.4. The molecule has 41 heavy (non-hydrogen) atoms. The molecule has 0 saturated heterocycles. The van der Waals surface area contributed by atoms with Crippen LogP contribution in [-0.4, -0.2) is 111 Å². The lowest BCUT2D eigenvalue weighted by atomic mass is 9.97. The average molecular weight is 591 g/mol. The summed E-state index contributed by atoms with van der Waals surface area (Å²) in [5.74, 6) is -9.69. The molecule has 0 spiro atoms. The fourth-order valence-corrected chi connectivity index (χ4v) is 3.15. The summed E-state index contributed by atoms with van der Waals surface area (Å²) in [7, 11) is 0. The Morgan fingerprint density at radius 2 is 1.10 bits per heavy atom. The molecule has 18 nitrogen and oxygen atoms in total. The van der Waals surface area contributed by atoms with Gasteiger partial charge in [-0.05, 0) is 19.8 Å². The topological polar surface area (TPSA) is 304 Å². The van der Waals surface area contributed by atoms with Gasteiger partial charge in [-0.2, -0.15) is 0 Å². The highest BCUT2D eigenvalue weighted by Crippen LogP contribution is 2.09. The summed E-state index contributed by atoms with van der Waals surface area (Å²) < 4.78 is 0. The number of carboxylic acids is 3. The third-order valence-electron chi connectivity index (χ3n) is 5.84. The number of hydrogen-bond acceptors (Lipinski definition) is 10. The molecule has 0 aliphatic heterocycles. The molecule has 0 aliphatic carbocycles. The van der Waals surface area contributed by atoms with Gasteiger partial charge in [-0.15, -0.1) is 0 Å². The Kier molecular flexibility index (Phi) is 15.6. The van der Waals surface area contributed by atoms with E-state index in [1.165, 1.54) is 13.8 Å². The molecular weight excluding hydrogens is 552 g/mol. The Balaban J connectivity index is 5.46. The molecule has 0 rings (SSSR count). The Morgan fingerprint density at radius 3 is 1.54 bits per heavy atom. The predicted molar refractivity (Wildman–Crippen MR) is 138 cm³/mol. The summed E-state index contributed by atoms with van der Waals surface area (Å²) in [5, 5.41) is 46.9. The minimum atomic E-state index is -1.71. The van der Waals surface area contributed by atoms with Gasteiger partial charge < -0.3 is 52.7 Å². The second kappa shape index (κ2) is 17.4. The van der Waals surface area contributed by atoms with Crippen LogP contribution in [0.25, 0.3) is 0 Å². The standard InChI is InChI=1S/C23H38N6O12/c1-5-9(2)17(22(39)26-10(3)18(35)28-14(8-30)23(40)41)29-19(36)11(4)25-21(38)13(7-16(33)34)27-20(37)12(24)6-15(31)32/h9-14,17,30H,5-8,24H2,1-4H3,(H,25,38)(H,26,39)(H,27,37)(H,28,35)(H,29,36)(H,31,32)(H,33,34)(H,40,41)/t9-,10-,11-,12-,13-,14-,17-/m0/s1. The molecule has 0 unspecified atom stereocenters. The second-order valence-corrected chi connectivity index (χ2v) is 9.28. The van der Waals surface area contributed by atoms with E-state index in [9.17, 15) is 38.4 Å². The van der Waals surface area contributed by atoms with Gasteiger partial charge in [-0.3, -0.25) is 33.6 Å². The van der Waals surface area contributed by atoms with Crippen LogP contribution in [0.1, 0.15) is 47.0 Å². The summed E-state index contributed by atoms with van der Waals surface area (Å²) >= 11 is 0. The van der Waals surface area contributed by atoms with Crippen LogP contribution in [-0.2, 0) is 38.4 Å². The Labute approximate surface area is 234 Å². The van der Waals surface area contributed by atoms with Gasteiger partial charge in [0.15, 0.2) is 0 Å². The van der Waals surface area contributed by atoms with E-state index in [0.29, 0.717) is 6.42 Å². The minimum absolute atomic E-state index is 0.384. The molecule has 0 bridgehead atoms. The molecule has 0 saturated carbocycles. The molecule has 7 atom stereocenters. The Hall–Kier alpha value is -4.32. The van der Waals surface area contributed by atoms with Crippen molar-refractivity contribution >= 4 is 47.4 Å². The number of nitrogens with two attached hydrogens (primary N) is 1. The van der Waals surface area contributed by atoms with Crippen molar-refractivity contribution in [3.63, 3.8) is 0 Å². The van der Waals surface area contributed by atoms with Crippen molar-refractivity contribution in [2.45, 2.75) is 83.2 Å². The van der Waals surface area contributed by atoms with Gasteiger partial charge in [-0.1, -0.05) is 20.3 Å². The van der Waals surface area contributed by atoms with Crippen LogP contribution in [0.3, 0.4) is 0 Å². The fraction of sp³-hybridized carbons (Fsp3) is 0.652. The lowest BCUT2D eigenvalue weighted by molar-refractivity contribution is -0.143. The van der Waals surface area contributed by atoms with Gasteiger partial charge in [0.2, 0.25) is 29.5 Å². The first-order valence-corrected chi connectivity index (χ1v) is 12.5. The second-order valence-electron chi connectivity index (χ2n) is 9.28. The van der Waals surface area contributed by atoms with Crippen molar-refractivity contribution < 1.29 is 58.8 Å². The number of rotatable bonds is 18. The van der Waals surface area contributed by atoms with Crippen molar-refractivity contribution in [1.29, 1.82) is 0 Å². The van der Waals surface area contributed by atoms with E-state index in [1.807, 2.05) is 10.6 Å². The molecular formula is C23H38N6O12.